The number of hydrogen-bond donors (Lipinski definition) is 1. The maximum absolute atomic E-state index is 13.0. The van der Waals surface area contributed by atoms with E-state index in [1.54, 1.807) is 18.2 Å². The van der Waals surface area contributed by atoms with Crippen molar-refractivity contribution in [1.29, 1.82) is 0 Å². The van der Waals surface area contributed by atoms with E-state index in [1.807, 2.05) is 30.3 Å². The fraction of sp³-hybridized carbons (Fsp3) is 0.167. The molecule has 0 spiro atoms. The van der Waals surface area contributed by atoms with Crippen LogP contribution in [0.2, 0.25) is 0 Å². The number of aliphatic hydroxyl groups excluding tert-OH is 1. The van der Waals surface area contributed by atoms with Crippen LogP contribution in [0.1, 0.15) is 29.2 Å². The van der Waals surface area contributed by atoms with Gasteiger partial charge in [0.05, 0.1) is 12.3 Å². The zero-order valence-corrected chi connectivity index (χ0v) is 11.9. The summed E-state index contributed by atoms with van der Waals surface area (Å²) in [5.41, 5.74) is 3.77. The lowest BCUT2D eigenvalue weighted by Gasteiger charge is -2.08. The third kappa shape index (κ3) is 3.23. The van der Waals surface area contributed by atoms with Crippen molar-refractivity contribution < 1.29 is 14.3 Å². The van der Waals surface area contributed by atoms with Gasteiger partial charge < -0.3 is 9.94 Å². The molecule has 1 atom stereocenters. The first-order valence-corrected chi connectivity index (χ1v) is 7.12. The minimum Gasteiger partial charge on any atom is -0.392 e. The average Bonchev–Trinajstić information content (AvgIpc) is 3.04. The molecule has 0 radical (unpaired) electrons. The van der Waals surface area contributed by atoms with Gasteiger partial charge in [-0.05, 0) is 29.3 Å². The topological polar surface area (TPSA) is 41.8 Å². The Bertz CT molecular complexity index is 707. The van der Waals surface area contributed by atoms with Crippen LogP contribution >= 0.6 is 0 Å². The molecule has 1 N–H and O–H groups in total. The second-order valence-corrected chi connectivity index (χ2v) is 5.10. The Morgan fingerprint density at radius 1 is 1.23 bits per heavy atom. The van der Waals surface area contributed by atoms with E-state index in [-0.39, 0.29) is 18.5 Å². The minimum absolute atomic E-state index is 0.0148. The summed E-state index contributed by atoms with van der Waals surface area (Å²) in [6.07, 6.45) is 4.02. The second kappa shape index (κ2) is 6.54. The molecule has 1 aliphatic heterocycles. The van der Waals surface area contributed by atoms with Gasteiger partial charge in [-0.25, -0.2) is 4.39 Å². The third-order valence-corrected chi connectivity index (χ3v) is 3.55. The number of oxime groups is 1. The van der Waals surface area contributed by atoms with Crippen molar-refractivity contribution >= 4 is 11.8 Å². The molecule has 4 heteroatoms. The van der Waals surface area contributed by atoms with Crippen LogP contribution in [0.3, 0.4) is 0 Å². The molecule has 22 heavy (non-hydrogen) atoms. The van der Waals surface area contributed by atoms with E-state index in [1.165, 1.54) is 12.1 Å². The molecule has 0 fully saturated rings. The summed E-state index contributed by atoms with van der Waals surface area (Å²) in [5, 5.41) is 13.0. The fourth-order valence-corrected chi connectivity index (χ4v) is 2.41. The van der Waals surface area contributed by atoms with Gasteiger partial charge in [-0.2, -0.15) is 0 Å². The second-order valence-electron chi connectivity index (χ2n) is 5.10. The minimum atomic E-state index is -0.258. The number of benzene rings is 2. The van der Waals surface area contributed by atoms with Crippen LogP contribution in [-0.2, 0) is 4.84 Å². The van der Waals surface area contributed by atoms with Crippen LogP contribution in [0, 0.1) is 5.82 Å². The lowest BCUT2D eigenvalue weighted by Crippen LogP contribution is -2.01. The average molecular weight is 297 g/mol. The Balaban J connectivity index is 1.74. The van der Waals surface area contributed by atoms with Crippen LogP contribution in [0.15, 0.2) is 59.8 Å². The summed E-state index contributed by atoms with van der Waals surface area (Å²) in [6, 6.07) is 14.2. The summed E-state index contributed by atoms with van der Waals surface area (Å²) in [5.74, 6) is -0.258. The Hall–Kier alpha value is -2.46. The Labute approximate surface area is 128 Å². The standard InChI is InChI=1S/C18H16FNO2/c19-16-8-6-14(7-9-16)18-12-17(20-22-18)15-5-1-3-13(11-15)4-2-10-21/h1-9,11,18,21H,10,12H2/b4-2+. The van der Waals surface area contributed by atoms with E-state index < -0.39 is 0 Å². The summed E-state index contributed by atoms with van der Waals surface area (Å²) in [6.45, 7) is 0.0148. The van der Waals surface area contributed by atoms with Crippen molar-refractivity contribution in [3.05, 3.63) is 77.1 Å². The van der Waals surface area contributed by atoms with Gasteiger partial charge in [0.25, 0.3) is 0 Å². The Kier molecular flexibility index (Phi) is 4.30. The van der Waals surface area contributed by atoms with Crippen molar-refractivity contribution in [2.24, 2.45) is 5.16 Å². The quantitative estimate of drug-likeness (QED) is 0.935. The molecule has 2 aromatic carbocycles. The summed E-state index contributed by atoms with van der Waals surface area (Å²) >= 11 is 0. The van der Waals surface area contributed by atoms with E-state index in [0.29, 0.717) is 6.42 Å². The number of rotatable bonds is 4. The Morgan fingerprint density at radius 3 is 2.82 bits per heavy atom. The molecule has 0 aliphatic carbocycles. The monoisotopic (exact) mass is 297 g/mol. The number of halogens is 1. The first-order chi connectivity index (χ1) is 10.8. The predicted octanol–water partition coefficient (Wildman–Crippen LogP) is 3.70. The number of aliphatic hydroxyl groups is 1. The molecule has 0 bridgehead atoms. The van der Waals surface area contributed by atoms with Gasteiger partial charge >= 0.3 is 0 Å². The molecular weight excluding hydrogens is 281 g/mol. The molecule has 112 valence electrons. The molecule has 2 aromatic rings. The van der Waals surface area contributed by atoms with Gasteiger partial charge in [0.1, 0.15) is 5.82 Å². The van der Waals surface area contributed by atoms with Crippen molar-refractivity contribution in [3.8, 4) is 0 Å². The maximum atomic E-state index is 13.0. The van der Waals surface area contributed by atoms with Gasteiger partial charge in [0.15, 0.2) is 6.10 Å². The SMILES string of the molecule is OC/C=C/c1cccc(C2=NOC(c3ccc(F)cc3)C2)c1. The van der Waals surface area contributed by atoms with Crippen LogP contribution in [0.25, 0.3) is 6.08 Å². The molecule has 3 rings (SSSR count). The number of nitrogens with zero attached hydrogens (tertiary/aromatic N) is 1. The molecule has 1 heterocycles. The fourth-order valence-electron chi connectivity index (χ4n) is 2.41. The van der Waals surface area contributed by atoms with E-state index in [2.05, 4.69) is 5.16 Å². The summed E-state index contributed by atoms with van der Waals surface area (Å²) in [7, 11) is 0. The van der Waals surface area contributed by atoms with E-state index in [0.717, 1.165) is 22.4 Å². The molecule has 1 unspecified atom stereocenters. The van der Waals surface area contributed by atoms with Gasteiger partial charge in [-0.3, -0.25) is 0 Å². The highest BCUT2D eigenvalue weighted by Crippen LogP contribution is 2.29. The van der Waals surface area contributed by atoms with Crippen LogP contribution in [-0.4, -0.2) is 17.4 Å². The molecule has 0 saturated heterocycles. The number of hydrogen-bond acceptors (Lipinski definition) is 3. The van der Waals surface area contributed by atoms with Crippen LogP contribution in [0.4, 0.5) is 4.39 Å². The van der Waals surface area contributed by atoms with Crippen LogP contribution in [0.5, 0.6) is 0 Å². The zero-order chi connectivity index (χ0) is 15.4. The molecule has 0 amide bonds. The van der Waals surface area contributed by atoms with Crippen LogP contribution < -0.4 is 0 Å². The summed E-state index contributed by atoms with van der Waals surface area (Å²) < 4.78 is 13.0. The molecule has 0 saturated carbocycles. The molecule has 3 nitrogen and oxygen atoms in total. The highest BCUT2D eigenvalue weighted by atomic mass is 19.1. The molecule has 1 aliphatic rings. The summed E-state index contributed by atoms with van der Waals surface area (Å²) in [4.78, 5) is 5.47. The van der Waals surface area contributed by atoms with Gasteiger partial charge in [-0.15, -0.1) is 0 Å². The largest absolute Gasteiger partial charge is 0.392 e. The highest BCUT2D eigenvalue weighted by molar-refractivity contribution is 6.01. The van der Waals surface area contributed by atoms with Crippen molar-refractivity contribution in [2.75, 3.05) is 6.61 Å². The van der Waals surface area contributed by atoms with Crippen molar-refractivity contribution in [2.45, 2.75) is 12.5 Å². The highest BCUT2D eigenvalue weighted by Gasteiger charge is 2.23. The first-order valence-electron chi connectivity index (χ1n) is 7.12. The predicted molar refractivity (Wildman–Crippen MR) is 83.9 cm³/mol. The Morgan fingerprint density at radius 2 is 2.05 bits per heavy atom. The lowest BCUT2D eigenvalue weighted by atomic mass is 9.99. The molecule has 0 aromatic heterocycles. The van der Waals surface area contributed by atoms with E-state index in [4.69, 9.17) is 9.94 Å². The van der Waals surface area contributed by atoms with E-state index >= 15 is 0 Å². The van der Waals surface area contributed by atoms with Crippen molar-refractivity contribution in [3.63, 3.8) is 0 Å². The van der Waals surface area contributed by atoms with Gasteiger partial charge in [0.2, 0.25) is 0 Å². The lowest BCUT2D eigenvalue weighted by molar-refractivity contribution is 0.0857. The normalized spacial score (nSPS) is 17.5. The molecular formula is C18H16FNO2. The van der Waals surface area contributed by atoms with Gasteiger partial charge in [-0.1, -0.05) is 47.6 Å². The maximum Gasteiger partial charge on any atom is 0.158 e. The zero-order valence-electron chi connectivity index (χ0n) is 11.9. The third-order valence-electron chi connectivity index (χ3n) is 3.55. The van der Waals surface area contributed by atoms with Crippen molar-refractivity contribution in [1.82, 2.24) is 0 Å². The first kappa shape index (κ1) is 14.5. The van der Waals surface area contributed by atoms with E-state index in [9.17, 15) is 4.39 Å². The van der Waals surface area contributed by atoms with Gasteiger partial charge in [0, 0.05) is 12.0 Å². The smallest absolute Gasteiger partial charge is 0.158 e.